The second kappa shape index (κ2) is 5.05. The summed E-state index contributed by atoms with van der Waals surface area (Å²) in [6.07, 6.45) is 1.11. The van der Waals surface area contributed by atoms with E-state index in [1.165, 1.54) is 5.56 Å². The van der Waals surface area contributed by atoms with Gasteiger partial charge in [0.25, 0.3) is 0 Å². The second-order valence-electron chi connectivity index (χ2n) is 4.45. The Labute approximate surface area is 103 Å². The number of hydrogen-bond donors (Lipinski definition) is 1. The first-order valence-electron chi connectivity index (χ1n) is 6.10. The number of rotatable bonds is 3. The van der Waals surface area contributed by atoms with Crippen LogP contribution in [-0.4, -0.2) is 5.11 Å². The van der Waals surface area contributed by atoms with E-state index in [0.29, 0.717) is 11.7 Å². The molecule has 88 valence electrons. The van der Waals surface area contributed by atoms with Crippen LogP contribution in [0.4, 0.5) is 0 Å². The molecular formula is C16H18O. The fourth-order valence-electron chi connectivity index (χ4n) is 1.94. The van der Waals surface area contributed by atoms with Crippen LogP contribution in [0.1, 0.15) is 31.7 Å². The minimum absolute atomic E-state index is 0.350. The zero-order valence-corrected chi connectivity index (χ0v) is 10.4. The van der Waals surface area contributed by atoms with Crippen molar-refractivity contribution in [1.82, 2.24) is 0 Å². The standard InChI is InChI=1S/C16H18O/c1-3-12(2)14-9-10-16(17)15(11-14)13-7-5-4-6-8-13/h4-12,17H,3H2,1-2H3. The molecule has 1 N–H and O–H groups in total. The van der Waals surface area contributed by atoms with Gasteiger partial charge in [0.2, 0.25) is 0 Å². The van der Waals surface area contributed by atoms with E-state index in [2.05, 4.69) is 19.9 Å². The van der Waals surface area contributed by atoms with Crippen molar-refractivity contribution < 1.29 is 5.11 Å². The molecule has 1 atom stereocenters. The van der Waals surface area contributed by atoms with E-state index in [1.54, 1.807) is 6.07 Å². The van der Waals surface area contributed by atoms with Gasteiger partial charge in [-0.1, -0.05) is 50.2 Å². The molecule has 2 rings (SSSR count). The molecule has 0 saturated heterocycles. The Kier molecular flexibility index (Phi) is 3.48. The maximum Gasteiger partial charge on any atom is 0.123 e. The molecule has 0 amide bonds. The van der Waals surface area contributed by atoms with Crippen molar-refractivity contribution in [3.8, 4) is 16.9 Å². The molecule has 17 heavy (non-hydrogen) atoms. The molecule has 2 aromatic rings. The molecule has 0 radical (unpaired) electrons. The largest absolute Gasteiger partial charge is 0.507 e. The molecule has 1 unspecified atom stereocenters. The van der Waals surface area contributed by atoms with E-state index in [-0.39, 0.29) is 0 Å². The van der Waals surface area contributed by atoms with Crippen LogP contribution in [0.25, 0.3) is 11.1 Å². The SMILES string of the molecule is CCC(C)c1ccc(O)c(-c2ccccc2)c1. The van der Waals surface area contributed by atoms with Crippen LogP contribution in [0.3, 0.4) is 0 Å². The molecule has 0 heterocycles. The Balaban J connectivity index is 2.47. The first kappa shape index (κ1) is 11.7. The molecule has 0 aromatic heterocycles. The average Bonchev–Trinajstić information content (AvgIpc) is 2.39. The molecule has 0 aliphatic rings. The van der Waals surface area contributed by atoms with E-state index >= 15 is 0 Å². The molecule has 0 saturated carbocycles. The first-order valence-corrected chi connectivity index (χ1v) is 6.10. The van der Waals surface area contributed by atoms with Gasteiger partial charge in [-0.25, -0.2) is 0 Å². The molecule has 0 aliphatic heterocycles. The van der Waals surface area contributed by atoms with Gasteiger partial charge in [-0.2, -0.15) is 0 Å². The molecule has 0 spiro atoms. The number of aromatic hydroxyl groups is 1. The maximum absolute atomic E-state index is 9.94. The van der Waals surface area contributed by atoms with E-state index in [4.69, 9.17) is 0 Å². The van der Waals surface area contributed by atoms with Crippen molar-refractivity contribution in [2.24, 2.45) is 0 Å². The number of benzene rings is 2. The Bertz CT molecular complexity index is 488. The van der Waals surface area contributed by atoms with E-state index in [0.717, 1.165) is 17.5 Å². The van der Waals surface area contributed by atoms with Crippen molar-refractivity contribution in [3.05, 3.63) is 54.1 Å². The lowest BCUT2D eigenvalue weighted by atomic mass is 9.94. The van der Waals surface area contributed by atoms with Gasteiger partial charge in [-0.05, 0) is 35.6 Å². The van der Waals surface area contributed by atoms with Gasteiger partial charge < -0.3 is 5.11 Å². The van der Waals surface area contributed by atoms with Gasteiger partial charge in [-0.3, -0.25) is 0 Å². The van der Waals surface area contributed by atoms with E-state index in [1.807, 2.05) is 36.4 Å². The minimum atomic E-state index is 0.350. The zero-order chi connectivity index (χ0) is 12.3. The third-order valence-electron chi connectivity index (χ3n) is 3.29. The van der Waals surface area contributed by atoms with Crippen molar-refractivity contribution >= 4 is 0 Å². The predicted molar refractivity (Wildman–Crippen MR) is 72.2 cm³/mol. The Morgan fingerprint density at radius 3 is 2.41 bits per heavy atom. The number of phenolic OH excluding ortho intramolecular Hbond substituents is 1. The van der Waals surface area contributed by atoms with Crippen LogP contribution in [0, 0.1) is 0 Å². The summed E-state index contributed by atoms with van der Waals surface area (Å²) in [4.78, 5) is 0. The fourth-order valence-corrected chi connectivity index (χ4v) is 1.94. The van der Waals surface area contributed by atoms with E-state index in [9.17, 15) is 5.11 Å². The zero-order valence-electron chi connectivity index (χ0n) is 10.4. The number of phenols is 1. The molecule has 1 heteroatoms. The van der Waals surface area contributed by atoms with Crippen LogP contribution < -0.4 is 0 Å². The Morgan fingerprint density at radius 1 is 1.06 bits per heavy atom. The van der Waals surface area contributed by atoms with Gasteiger partial charge in [0.15, 0.2) is 0 Å². The van der Waals surface area contributed by atoms with E-state index < -0.39 is 0 Å². The first-order chi connectivity index (χ1) is 8.22. The summed E-state index contributed by atoms with van der Waals surface area (Å²) >= 11 is 0. The smallest absolute Gasteiger partial charge is 0.123 e. The molecule has 2 aromatic carbocycles. The lowest BCUT2D eigenvalue weighted by Crippen LogP contribution is -1.91. The van der Waals surface area contributed by atoms with Crippen molar-refractivity contribution in [3.63, 3.8) is 0 Å². The molecule has 1 nitrogen and oxygen atoms in total. The van der Waals surface area contributed by atoms with Crippen LogP contribution in [-0.2, 0) is 0 Å². The van der Waals surface area contributed by atoms with Crippen molar-refractivity contribution in [2.75, 3.05) is 0 Å². The lowest BCUT2D eigenvalue weighted by molar-refractivity contribution is 0.477. The van der Waals surface area contributed by atoms with Crippen molar-refractivity contribution in [1.29, 1.82) is 0 Å². The van der Waals surface area contributed by atoms with Crippen LogP contribution >= 0.6 is 0 Å². The lowest BCUT2D eigenvalue weighted by Gasteiger charge is -2.12. The predicted octanol–water partition coefficient (Wildman–Crippen LogP) is 4.57. The summed E-state index contributed by atoms with van der Waals surface area (Å²) in [5, 5.41) is 9.94. The van der Waals surface area contributed by atoms with Gasteiger partial charge in [-0.15, -0.1) is 0 Å². The highest BCUT2D eigenvalue weighted by Crippen LogP contribution is 2.32. The number of hydrogen-bond acceptors (Lipinski definition) is 1. The summed E-state index contributed by atoms with van der Waals surface area (Å²) in [6.45, 7) is 4.39. The summed E-state index contributed by atoms with van der Waals surface area (Å²) in [6, 6.07) is 15.9. The summed E-state index contributed by atoms with van der Waals surface area (Å²) in [7, 11) is 0. The van der Waals surface area contributed by atoms with Gasteiger partial charge in [0.05, 0.1) is 0 Å². The van der Waals surface area contributed by atoms with Gasteiger partial charge in [0.1, 0.15) is 5.75 Å². The maximum atomic E-state index is 9.94. The fraction of sp³-hybridized carbons (Fsp3) is 0.250. The second-order valence-corrected chi connectivity index (χ2v) is 4.45. The summed E-state index contributed by atoms with van der Waals surface area (Å²) < 4.78 is 0. The third-order valence-corrected chi connectivity index (χ3v) is 3.29. The molecule has 0 aliphatic carbocycles. The highest BCUT2D eigenvalue weighted by Gasteiger charge is 2.08. The van der Waals surface area contributed by atoms with Gasteiger partial charge in [0, 0.05) is 5.56 Å². The normalized spacial score (nSPS) is 12.4. The monoisotopic (exact) mass is 226 g/mol. The molecule has 0 fully saturated rings. The van der Waals surface area contributed by atoms with Gasteiger partial charge >= 0.3 is 0 Å². The minimum Gasteiger partial charge on any atom is -0.507 e. The van der Waals surface area contributed by atoms with Crippen LogP contribution in [0.15, 0.2) is 48.5 Å². The average molecular weight is 226 g/mol. The third kappa shape index (κ3) is 2.50. The summed E-state index contributed by atoms with van der Waals surface area (Å²) in [5.41, 5.74) is 3.27. The Morgan fingerprint density at radius 2 is 1.76 bits per heavy atom. The van der Waals surface area contributed by atoms with Crippen LogP contribution in [0.2, 0.25) is 0 Å². The quantitative estimate of drug-likeness (QED) is 0.812. The molecule has 0 bridgehead atoms. The van der Waals surface area contributed by atoms with Crippen LogP contribution in [0.5, 0.6) is 5.75 Å². The topological polar surface area (TPSA) is 20.2 Å². The molecular weight excluding hydrogens is 208 g/mol. The highest BCUT2D eigenvalue weighted by molar-refractivity contribution is 5.70. The highest BCUT2D eigenvalue weighted by atomic mass is 16.3. The Hall–Kier alpha value is -1.76. The summed E-state index contributed by atoms with van der Waals surface area (Å²) in [5.74, 6) is 0.876. The van der Waals surface area contributed by atoms with Crippen molar-refractivity contribution in [2.45, 2.75) is 26.2 Å².